The van der Waals surface area contributed by atoms with Crippen LogP contribution in [0.5, 0.6) is 0 Å². The third kappa shape index (κ3) is 4.79. The average molecular weight is 429 g/mol. The minimum Gasteiger partial charge on any atom is -0.726 e. The maximum absolute atomic E-state index is 12.5. The number of nitrogens with zero attached hydrogens (tertiary/aromatic N) is 1. The first-order valence-electron chi connectivity index (χ1n) is 9.45. The van der Waals surface area contributed by atoms with Gasteiger partial charge in [0.2, 0.25) is 10.4 Å². The van der Waals surface area contributed by atoms with Crippen LogP contribution in [0.4, 0.5) is 0 Å². The van der Waals surface area contributed by atoms with Gasteiger partial charge in [0.15, 0.2) is 0 Å². The van der Waals surface area contributed by atoms with Crippen LogP contribution in [0.25, 0.3) is 0 Å². The van der Waals surface area contributed by atoms with Gasteiger partial charge in [-0.2, -0.15) is 0 Å². The fourth-order valence-corrected chi connectivity index (χ4v) is 4.55. The number of piperidine rings is 1. The van der Waals surface area contributed by atoms with Gasteiger partial charge in [-0.15, -0.1) is 0 Å². The second-order valence-electron chi connectivity index (χ2n) is 8.08. The minimum absolute atomic E-state index is 0.0576. The minimum atomic E-state index is -4.41. The predicted molar refractivity (Wildman–Crippen MR) is 100 cm³/mol. The normalized spacial score (nSPS) is 32.4. The lowest BCUT2D eigenvalue weighted by molar-refractivity contribution is -0.938. The van der Waals surface area contributed by atoms with Gasteiger partial charge in [0.1, 0.15) is 36.3 Å². The zero-order valence-corrected chi connectivity index (χ0v) is 17.4. The maximum atomic E-state index is 12.5. The zero-order valence-electron chi connectivity index (χ0n) is 16.6. The highest BCUT2D eigenvalue weighted by Crippen LogP contribution is 2.51. The Balaban J connectivity index is 0.000000353. The van der Waals surface area contributed by atoms with E-state index in [1.54, 1.807) is 0 Å². The quantitative estimate of drug-likeness (QED) is 0.231. The topological polar surface area (TPSA) is 125 Å². The highest BCUT2D eigenvalue weighted by Gasteiger charge is 2.70. The average Bonchev–Trinajstić information content (AvgIpc) is 3.41. The number of fused-ring (bicyclic) bond motifs is 5. The number of rotatable bonds is 5. The van der Waals surface area contributed by atoms with Gasteiger partial charge in [-0.1, -0.05) is 30.3 Å². The van der Waals surface area contributed by atoms with Crippen molar-refractivity contribution in [1.82, 2.24) is 0 Å². The highest BCUT2D eigenvalue weighted by molar-refractivity contribution is 7.80. The van der Waals surface area contributed by atoms with Crippen molar-refractivity contribution in [3.05, 3.63) is 35.9 Å². The van der Waals surface area contributed by atoms with E-state index < -0.39 is 16.3 Å². The van der Waals surface area contributed by atoms with Gasteiger partial charge < -0.3 is 23.6 Å². The maximum Gasteiger partial charge on any atom is 0.316 e. The second kappa shape index (κ2) is 8.29. The Hall–Kier alpha value is -1.56. The van der Waals surface area contributed by atoms with E-state index in [1.807, 2.05) is 30.3 Å². The Labute approximate surface area is 170 Å². The van der Waals surface area contributed by atoms with Crippen molar-refractivity contribution in [1.29, 1.82) is 0 Å². The number of hydrogen-bond donors (Lipinski definition) is 1. The van der Waals surface area contributed by atoms with Gasteiger partial charge in [0.05, 0.1) is 27.8 Å². The number of aliphatic hydroxyl groups excluding tert-OH is 1. The van der Waals surface area contributed by atoms with Crippen LogP contribution in [0.15, 0.2) is 30.3 Å². The number of ether oxygens (including phenoxy) is 2. The summed E-state index contributed by atoms with van der Waals surface area (Å²) in [5.74, 6) is -0.908. The standard InChI is InChI=1S/C18H24NO4.CH4O4S/c1-19(2)14-8-12(9-15(19)17-16(14)23-17)22-18(21)13(10-20)11-6-4-3-5-7-11;1-5-6(2,3)4/h3-7,12-17,20H,8-10H2,1-2H3;1H3,(H,2,3,4)/q+1;/p-1. The molecule has 0 aliphatic carbocycles. The fourth-order valence-electron chi connectivity index (χ4n) is 4.55. The number of carbonyl (C=O) groups is 1. The number of likely N-dealkylation sites (N-methyl/N-ethyl adjacent to an activating group) is 1. The first-order chi connectivity index (χ1) is 13.6. The van der Waals surface area contributed by atoms with Crippen molar-refractivity contribution in [2.45, 2.75) is 49.2 Å². The number of epoxide rings is 1. The Bertz CT molecular complexity index is 808. The molecule has 1 aromatic carbocycles. The summed E-state index contributed by atoms with van der Waals surface area (Å²) in [6, 6.07) is 10.2. The van der Waals surface area contributed by atoms with Gasteiger partial charge in [0, 0.05) is 12.8 Å². The fraction of sp³-hybridized carbons (Fsp3) is 0.632. The van der Waals surface area contributed by atoms with Crippen molar-refractivity contribution in [3.63, 3.8) is 0 Å². The number of benzene rings is 1. The molecule has 1 aromatic rings. The van der Waals surface area contributed by atoms with Crippen molar-refractivity contribution < 1.29 is 41.0 Å². The third-order valence-electron chi connectivity index (χ3n) is 6.19. The molecule has 162 valence electrons. The van der Waals surface area contributed by atoms with E-state index in [2.05, 4.69) is 18.3 Å². The number of morpholine rings is 1. The summed E-state index contributed by atoms with van der Waals surface area (Å²) in [5, 5.41) is 9.60. The smallest absolute Gasteiger partial charge is 0.316 e. The van der Waals surface area contributed by atoms with E-state index in [4.69, 9.17) is 9.47 Å². The summed E-state index contributed by atoms with van der Waals surface area (Å²) >= 11 is 0. The molecule has 4 rings (SSSR count). The molecule has 0 amide bonds. The van der Waals surface area contributed by atoms with E-state index >= 15 is 0 Å². The highest BCUT2D eigenvalue weighted by atomic mass is 32.3. The largest absolute Gasteiger partial charge is 0.726 e. The molecule has 10 heteroatoms. The lowest BCUT2D eigenvalue weighted by Crippen LogP contribution is -2.60. The molecule has 3 fully saturated rings. The summed E-state index contributed by atoms with van der Waals surface area (Å²) < 4.78 is 43.5. The van der Waals surface area contributed by atoms with Crippen molar-refractivity contribution >= 4 is 16.4 Å². The molecule has 0 spiro atoms. The molecule has 0 radical (unpaired) electrons. The molecule has 5 atom stereocenters. The summed E-state index contributed by atoms with van der Waals surface area (Å²) in [4.78, 5) is 12.5. The predicted octanol–water partition coefficient (Wildman–Crippen LogP) is 0.156. The Morgan fingerprint density at radius 1 is 1.24 bits per heavy atom. The van der Waals surface area contributed by atoms with Gasteiger partial charge in [-0.05, 0) is 5.56 Å². The van der Waals surface area contributed by atoms with Crippen molar-refractivity contribution in [2.24, 2.45) is 0 Å². The molecule has 0 saturated carbocycles. The third-order valence-corrected chi connectivity index (χ3v) is 6.60. The Kier molecular flexibility index (Phi) is 6.32. The summed E-state index contributed by atoms with van der Waals surface area (Å²) in [7, 11) is 0.903. The molecule has 2 bridgehead atoms. The number of aliphatic hydroxyl groups is 1. The molecule has 1 N–H and O–H groups in total. The van der Waals surface area contributed by atoms with Crippen LogP contribution in [0, 0.1) is 0 Å². The van der Waals surface area contributed by atoms with Crippen LogP contribution in [-0.4, -0.2) is 86.7 Å². The lowest BCUT2D eigenvalue weighted by atomic mass is 9.95. The van der Waals surface area contributed by atoms with E-state index in [1.165, 1.54) is 0 Å². The van der Waals surface area contributed by atoms with E-state index in [0.29, 0.717) is 24.3 Å². The number of esters is 1. The number of hydrogen-bond acceptors (Lipinski definition) is 8. The van der Waals surface area contributed by atoms with Gasteiger partial charge in [-0.3, -0.25) is 8.98 Å². The Morgan fingerprint density at radius 2 is 1.76 bits per heavy atom. The van der Waals surface area contributed by atoms with Gasteiger partial charge in [0.25, 0.3) is 0 Å². The summed E-state index contributed by atoms with van der Waals surface area (Å²) in [6.45, 7) is -0.224. The molecule has 29 heavy (non-hydrogen) atoms. The summed E-state index contributed by atoms with van der Waals surface area (Å²) in [5.41, 5.74) is 0.807. The van der Waals surface area contributed by atoms with Crippen LogP contribution < -0.4 is 0 Å². The number of quaternary nitrogens is 1. The van der Waals surface area contributed by atoms with E-state index in [9.17, 15) is 22.9 Å². The van der Waals surface area contributed by atoms with E-state index in [-0.39, 0.29) is 18.7 Å². The van der Waals surface area contributed by atoms with Crippen LogP contribution in [0.1, 0.15) is 24.3 Å². The first kappa shape index (κ1) is 22.1. The van der Waals surface area contributed by atoms with Crippen LogP contribution in [0.2, 0.25) is 0 Å². The molecular formula is C19H27NO8S. The second-order valence-corrected chi connectivity index (χ2v) is 9.23. The molecule has 3 aliphatic rings. The lowest BCUT2D eigenvalue weighted by Gasteiger charge is -2.45. The SMILES string of the molecule is COS(=O)(=O)[O-].C[N+]1(C)C2CC(OC(=O)C(CO)c3ccccc3)CC1C1OC12. The Morgan fingerprint density at radius 3 is 2.21 bits per heavy atom. The molecule has 0 aromatic heterocycles. The first-order valence-corrected chi connectivity index (χ1v) is 10.8. The monoisotopic (exact) mass is 429 g/mol. The van der Waals surface area contributed by atoms with Crippen LogP contribution in [0.3, 0.4) is 0 Å². The molecule has 3 saturated heterocycles. The molecule has 5 unspecified atom stereocenters. The molecule has 9 nitrogen and oxygen atoms in total. The van der Waals surface area contributed by atoms with Gasteiger partial charge in [-0.25, -0.2) is 8.42 Å². The summed E-state index contributed by atoms with van der Waals surface area (Å²) in [6.07, 6.45) is 2.34. The van der Waals surface area contributed by atoms with Crippen LogP contribution in [-0.2, 0) is 28.9 Å². The van der Waals surface area contributed by atoms with E-state index in [0.717, 1.165) is 30.0 Å². The zero-order chi connectivity index (χ0) is 21.4. The number of carbonyl (C=O) groups excluding carboxylic acids is 1. The van der Waals surface area contributed by atoms with Gasteiger partial charge >= 0.3 is 5.97 Å². The van der Waals surface area contributed by atoms with Crippen LogP contribution >= 0.6 is 0 Å². The van der Waals surface area contributed by atoms with Crippen molar-refractivity contribution in [3.8, 4) is 0 Å². The molecular weight excluding hydrogens is 402 g/mol. The van der Waals surface area contributed by atoms with Crippen molar-refractivity contribution in [2.75, 3.05) is 27.8 Å². The molecule has 3 heterocycles. The molecule has 3 aliphatic heterocycles.